The molecule has 2 aromatic carbocycles. The molecule has 0 fully saturated rings. The molecule has 0 atom stereocenters. The quantitative estimate of drug-likeness (QED) is 0.0809. The van der Waals surface area contributed by atoms with Gasteiger partial charge in [-0.05, 0) is 61.7 Å². The SMILES string of the molecule is CCCCCCCCc1ccc(C(=O)Oc2ccc(OCC(F)(F)C(F)(F)C(F)(F)COCC)cc2)cc1Cl. The summed E-state index contributed by atoms with van der Waals surface area (Å²) in [6.45, 7) is -0.793. The Morgan fingerprint density at radius 1 is 0.795 bits per heavy atom. The second-order valence-corrected chi connectivity index (χ2v) is 9.50. The van der Waals surface area contributed by atoms with Crippen molar-refractivity contribution >= 4 is 17.6 Å². The van der Waals surface area contributed by atoms with E-state index < -0.39 is 37.0 Å². The van der Waals surface area contributed by atoms with Gasteiger partial charge in [0.15, 0.2) is 6.61 Å². The van der Waals surface area contributed by atoms with Gasteiger partial charge >= 0.3 is 23.7 Å². The van der Waals surface area contributed by atoms with E-state index in [0.29, 0.717) is 5.02 Å². The average molecular weight is 583 g/mol. The van der Waals surface area contributed by atoms with E-state index in [0.717, 1.165) is 37.0 Å². The average Bonchev–Trinajstić information content (AvgIpc) is 2.89. The van der Waals surface area contributed by atoms with E-state index in [-0.39, 0.29) is 23.7 Å². The number of hydrogen-bond donors (Lipinski definition) is 0. The molecule has 0 aliphatic rings. The van der Waals surface area contributed by atoms with Crippen LogP contribution in [0.15, 0.2) is 42.5 Å². The molecule has 0 amide bonds. The summed E-state index contributed by atoms with van der Waals surface area (Å²) in [7, 11) is 0. The van der Waals surface area contributed by atoms with Crippen LogP contribution in [0.5, 0.6) is 11.5 Å². The number of hydrogen-bond acceptors (Lipinski definition) is 4. The minimum absolute atomic E-state index is 0.0139. The van der Waals surface area contributed by atoms with Crippen LogP contribution in [0.4, 0.5) is 26.3 Å². The van der Waals surface area contributed by atoms with Gasteiger partial charge < -0.3 is 14.2 Å². The molecule has 0 aliphatic carbocycles. The Morgan fingerprint density at radius 2 is 1.38 bits per heavy atom. The molecule has 0 aliphatic heterocycles. The molecule has 0 saturated carbocycles. The monoisotopic (exact) mass is 582 g/mol. The molecule has 39 heavy (non-hydrogen) atoms. The minimum Gasteiger partial charge on any atom is -0.487 e. The summed E-state index contributed by atoms with van der Waals surface area (Å²) in [5.74, 6) is -17.0. The predicted octanol–water partition coefficient (Wildman–Crippen LogP) is 8.78. The molecular formula is C28H33ClF6O4. The van der Waals surface area contributed by atoms with Gasteiger partial charge in [-0.15, -0.1) is 0 Å². The molecule has 11 heteroatoms. The Hall–Kier alpha value is -2.46. The smallest absolute Gasteiger partial charge is 0.377 e. The van der Waals surface area contributed by atoms with Crippen LogP contribution in [-0.4, -0.2) is 43.6 Å². The van der Waals surface area contributed by atoms with Crippen LogP contribution in [0.1, 0.15) is 68.3 Å². The van der Waals surface area contributed by atoms with Crippen LogP contribution < -0.4 is 9.47 Å². The highest BCUT2D eigenvalue weighted by molar-refractivity contribution is 6.31. The molecule has 0 saturated heterocycles. The van der Waals surface area contributed by atoms with Crippen LogP contribution in [0.3, 0.4) is 0 Å². The topological polar surface area (TPSA) is 44.8 Å². The molecule has 0 heterocycles. The Kier molecular flexibility index (Phi) is 12.4. The van der Waals surface area contributed by atoms with Gasteiger partial charge in [0, 0.05) is 11.6 Å². The first-order valence-electron chi connectivity index (χ1n) is 12.8. The van der Waals surface area contributed by atoms with Crippen molar-refractivity contribution in [3.8, 4) is 11.5 Å². The summed E-state index contributed by atoms with van der Waals surface area (Å²) >= 11 is 6.32. The Morgan fingerprint density at radius 3 is 2.00 bits per heavy atom. The number of aryl methyl sites for hydroxylation is 1. The van der Waals surface area contributed by atoms with Gasteiger partial charge in [-0.2, -0.15) is 26.3 Å². The Balaban J connectivity index is 1.91. The zero-order valence-electron chi connectivity index (χ0n) is 21.9. The molecule has 0 radical (unpaired) electrons. The third kappa shape index (κ3) is 9.31. The molecular weight excluding hydrogens is 550 g/mol. The third-order valence-electron chi connectivity index (χ3n) is 5.95. The van der Waals surface area contributed by atoms with E-state index in [1.807, 2.05) is 0 Å². The number of carbonyl (C=O) groups is 1. The number of alkyl halides is 6. The fourth-order valence-corrected chi connectivity index (χ4v) is 3.87. The molecule has 2 aromatic rings. The maximum atomic E-state index is 14.0. The molecule has 0 N–H and O–H groups in total. The standard InChI is InChI=1S/C28H33ClF6O4/c1-3-5-6-7-8-9-10-20-11-12-21(17-24(20)29)25(36)39-23-15-13-22(14-16-23)38-19-27(32,33)28(34,35)26(30,31)18-37-4-2/h11-17H,3-10,18-19H2,1-2H3. The molecule has 4 nitrogen and oxygen atoms in total. The van der Waals surface area contributed by atoms with E-state index in [2.05, 4.69) is 16.4 Å². The lowest BCUT2D eigenvalue weighted by Gasteiger charge is -2.32. The highest BCUT2D eigenvalue weighted by Crippen LogP contribution is 2.46. The molecule has 0 spiro atoms. The minimum atomic E-state index is -5.71. The highest BCUT2D eigenvalue weighted by atomic mass is 35.5. The number of carbonyl (C=O) groups excluding carboxylic acids is 1. The van der Waals surface area contributed by atoms with Crippen molar-refractivity contribution in [3.05, 3.63) is 58.6 Å². The lowest BCUT2D eigenvalue weighted by molar-refractivity contribution is -0.324. The van der Waals surface area contributed by atoms with Crippen LogP contribution >= 0.6 is 11.6 Å². The number of rotatable bonds is 17. The van der Waals surface area contributed by atoms with Crippen molar-refractivity contribution in [1.82, 2.24) is 0 Å². The summed E-state index contributed by atoms with van der Waals surface area (Å²) in [5, 5.41) is 0.436. The summed E-state index contributed by atoms with van der Waals surface area (Å²) in [5.41, 5.74) is 1.12. The van der Waals surface area contributed by atoms with Crippen LogP contribution in [0, 0.1) is 0 Å². The van der Waals surface area contributed by atoms with Gasteiger partial charge in [-0.25, -0.2) is 4.79 Å². The van der Waals surface area contributed by atoms with Crippen molar-refractivity contribution < 1.29 is 45.3 Å². The third-order valence-corrected chi connectivity index (χ3v) is 6.30. The van der Waals surface area contributed by atoms with E-state index in [1.165, 1.54) is 50.8 Å². The summed E-state index contributed by atoms with van der Waals surface area (Å²) in [6.07, 6.45) is 7.65. The molecule has 0 bridgehead atoms. The van der Waals surface area contributed by atoms with Gasteiger partial charge in [0.05, 0.1) is 5.56 Å². The predicted molar refractivity (Wildman–Crippen MR) is 137 cm³/mol. The normalized spacial score (nSPS) is 12.4. The number of unbranched alkanes of at least 4 members (excludes halogenated alkanes) is 5. The van der Waals surface area contributed by atoms with Crippen LogP contribution in [0.25, 0.3) is 0 Å². The zero-order valence-corrected chi connectivity index (χ0v) is 22.6. The first-order valence-corrected chi connectivity index (χ1v) is 13.2. The highest BCUT2D eigenvalue weighted by Gasteiger charge is 2.71. The molecule has 218 valence electrons. The second-order valence-electron chi connectivity index (χ2n) is 9.09. The van der Waals surface area contributed by atoms with Gasteiger partial charge in [0.2, 0.25) is 0 Å². The fourth-order valence-electron chi connectivity index (χ4n) is 3.60. The van der Waals surface area contributed by atoms with E-state index in [4.69, 9.17) is 16.3 Å². The maximum absolute atomic E-state index is 14.0. The first kappa shape index (κ1) is 32.8. The summed E-state index contributed by atoms with van der Waals surface area (Å²) < 4.78 is 96.8. The maximum Gasteiger partial charge on any atom is 0.377 e. The first-order chi connectivity index (χ1) is 18.3. The lowest BCUT2D eigenvalue weighted by Crippen LogP contribution is -2.58. The lowest BCUT2D eigenvalue weighted by atomic mass is 10.0. The van der Waals surface area contributed by atoms with E-state index in [9.17, 15) is 31.1 Å². The molecule has 0 aromatic heterocycles. The molecule has 2 rings (SSSR count). The van der Waals surface area contributed by atoms with Crippen molar-refractivity contribution in [1.29, 1.82) is 0 Å². The van der Waals surface area contributed by atoms with Crippen molar-refractivity contribution in [2.45, 2.75) is 76.6 Å². The number of benzene rings is 2. The van der Waals surface area contributed by atoms with Gasteiger partial charge in [0.1, 0.15) is 18.1 Å². The summed E-state index contributed by atoms with van der Waals surface area (Å²) in [6, 6.07) is 9.36. The Bertz CT molecular complexity index is 1050. The zero-order chi connectivity index (χ0) is 29.1. The number of esters is 1. The largest absolute Gasteiger partial charge is 0.487 e. The fraction of sp³-hybridized carbons (Fsp3) is 0.536. The van der Waals surface area contributed by atoms with Gasteiger partial charge in [0.25, 0.3) is 0 Å². The van der Waals surface area contributed by atoms with Crippen molar-refractivity contribution in [3.63, 3.8) is 0 Å². The second kappa shape index (κ2) is 14.8. The van der Waals surface area contributed by atoms with Gasteiger partial charge in [-0.3, -0.25) is 0 Å². The van der Waals surface area contributed by atoms with Crippen LogP contribution in [-0.2, 0) is 11.2 Å². The van der Waals surface area contributed by atoms with E-state index >= 15 is 0 Å². The van der Waals surface area contributed by atoms with Crippen molar-refractivity contribution in [2.75, 3.05) is 19.8 Å². The van der Waals surface area contributed by atoms with Crippen LogP contribution in [0.2, 0.25) is 5.02 Å². The van der Waals surface area contributed by atoms with Crippen molar-refractivity contribution in [2.24, 2.45) is 0 Å². The summed E-state index contributed by atoms with van der Waals surface area (Å²) in [4.78, 5) is 12.5. The van der Waals surface area contributed by atoms with Gasteiger partial charge in [-0.1, -0.05) is 56.7 Å². The number of ether oxygens (including phenoxy) is 3. The number of halogens is 7. The van der Waals surface area contributed by atoms with E-state index in [1.54, 1.807) is 12.1 Å². The molecule has 0 unspecified atom stereocenters. The Labute approximate surface area is 229 Å².